The second-order valence-corrected chi connectivity index (χ2v) is 4.11. The van der Waals surface area contributed by atoms with E-state index in [2.05, 4.69) is 0 Å². The van der Waals surface area contributed by atoms with Gasteiger partial charge in [0.25, 0.3) is 0 Å². The number of hydrogen-bond acceptors (Lipinski definition) is 2. The van der Waals surface area contributed by atoms with Crippen LogP contribution >= 0.6 is 0 Å². The minimum absolute atomic E-state index is 0.351. The average molecular weight is 250 g/mol. The second-order valence-electron chi connectivity index (χ2n) is 4.11. The van der Waals surface area contributed by atoms with Crippen LogP contribution in [0.5, 0.6) is 0 Å². The first-order chi connectivity index (χ1) is 7.71. The molecule has 0 saturated carbocycles. The maximum atomic E-state index is 13.3. The molecule has 6 heteroatoms. The average Bonchev–Trinajstić information content (AvgIpc) is 2.14. The van der Waals surface area contributed by atoms with E-state index in [0.29, 0.717) is 12.1 Å². The molecule has 1 unspecified atom stereocenters. The van der Waals surface area contributed by atoms with Gasteiger partial charge < -0.3 is 10.6 Å². The van der Waals surface area contributed by atoms with E-state index in [1.807, 2.05) is 0 Å². The molecule has 0 heterocycles. The van der Waals surface area contributed by atoms with Crippen molar-refractivity contribution in [3.05, 3.63) is 35.1 Å². The lowest BCUT2D eigenvalue weighted by molar-refractivity contribution is -0.140. The molecule has 1 atom stereocenters. The van der Waals surface area contributed by atoms with Gasteiger partial charge in [0.2, 0.25) is 0 Å². The van der Waals surface area contributed by atoms with Crippen LogP contribution in [0.2, 0.25) is 0 Å². The van der Waals surface area contributed by atoms with Crippen LogP contribution in [0, 0.1) is 5.82 Å². The van der Waals surface area contributed by atoms with Gasteiger partial charge in [-0.3, -0.25) is 0 Å². The van der Waals surface area contributed by atoms with Gasteiger partial charge in [-0.05, 0) is 31.8 Å². The molecule has 1 aromatic carbocycles. The minimum atomic E-state index is -4.67. The van der Waals surface area contributed by atoms with Gasteiger partial charge in [0.1, 0.15) is 5.82 Å². The van der Waals surface area contributed by atoms with Crippen molar-refractivity contribution in [2.24, 2.45) is 5.73 Å². The van der Waals surface area contributed by atoms with E-state index >= 15 is 0 Å². The van der Waals surface area contributed by atoms with Crippen molar-refractivity contribution < 1.29 is 17.6 Å². The maximum Gasteiger partial charge on any atom is 0.419 e. The first-order valence-corrected chi connectivity index (χ1v) is 4.98. The highest BCUT2D eigenvalue weighted by molar-refractivity contribution is 5.28. The molecule has 0 aliphatic rings. The number of likely N-dealkylation sites (N-methyl/N-ethyl adjacent to an activating group) is 1. The first-order valence-electron chi connectivity index (χ1n) is 4.98. The fourth-order valence-electron chi connectivity index (χ4n) is 1.49. The van der Waals surface area contributed by atoms with Gasteiger partial charge in [0.15, 0.2) is 0 Å². The normalized spacial score (nSPS) is 14.1. The fourth-order valence-corrected chi connectivity index (χ4v) is 1.49. The van der Waals surface area contributed by atoms with E-state index in [0.717, 1.165) is 12.1 Å². The molecule has 2 N–H and O–H groups in total. The zero-order valence-corrected chi connectivity index (χ0v) is 9.55. The van der Waals surface area contributed by atoms with Crippen molar-refractivity contribution in [1.29, 1.82) is 0 Å². The highest BCUT2D eigenvalue weighted by Crippen LogP contribution is 2.32. The predicted octanol–water partition coefficient (Wildman–Crippen LogP) is 2.41. The summed E-state index contributed by atoms with van der Waals surface area (Å²) in [6, 6.07) is 2.26. The Labute approximate surface area is 97.0 Å². The number of nitrogens with zero attached hydrogens (tertiary/aromatic N) is 1. The summed E-state index contributed by atoms with van der Waals surface area (Å²) < 4.78 is 50.2. The third-order valence-corrected chi connectivity index (χ3v) is 2.29. The summed E-state index contributed by atoms with van der Waals surface area (Å²) in [5, 5.41) is 0. The smallest absolute Gasteiger partial charge is 0.323 e. The van der Waals surface area contributed by atoms with E-state index in [4.69, 9.17) is 5.73 Å². The van der Waals surface area contributed by atoms with Crippen LogP contribution in [-0.2, 0) is 6.18 Å². The number of hydrogen-bond donors (Lipinski definition) is 1. The highest BCUT2D eigenvalue weighted by Gasteiger charge is 2.34. The van der Waals surface area contributed by atoms with Crippen molar-refractivity contribution in [2.75, 3.05) is 20.6 Å². The zero-order chi connectivity index (χ0) is 13.2. The third kappa shape index (κ3) is 3.67. The van der Waals surface area contributed by atoms with Crippen molar-refractivity contribution in [3.8, 4) is 0 Å². The molecule has 1 rings (SSSR count). The summed E-state index contributed by atoms with van der Waals surface area (Å²) in [6.45, 7) is 0.435. The van der Waals surface area contributed by atoms with Crippen LogP contribution in [0.3, 0.4) is 0 Å². The molecule has 0 saturated heterocycles. The van der Waals surface area contributed by atoms with Crippen molar-refractivity contribution >= 4 is 0 Å². The molecule has 1 aromatic rings. The van der Waals surface area contributed by atoms with E-state index in [1.165, 1.54) is 6.07 Å². The maximum absolute atomic E-state index is 13.3. The Morgan fingerprint density at radius 3 is 2.29 bits per heavy atom. The lowest BCUT2D eigenvalue weighted by atomic mass is 10.0. The van der Waals surface area contributed by atoms with Crippen LogP contribution in [0.4, 0.5) is 17.6 Å². The number of nitrogens with two attached hydrogens (primary N) is 1. The van der Waals surface area contributed by atoms with Gasteiger partial charge in [-0.2, -0.15) is 13.2 Å². The Hall–Kier alpha value is -1.14. The number of halogens is 4. The van der Waals surface area contributed by atoms with Crippen molar-refractivity contribution in [3.63, 3.8) is 0 Å². The molecule has 2 nitrogen and oxygen atoms in total. The molecule has 0 aliphatic carbocycles. The van der Waals surface area contributed by atoms with Gasteiger partial charge in [-0.15, -0.1) is 0 Å². The lowest BCUT2D eigenvalue weighted by Crippen LogP contribution is -2.26. The Morgan fingerprint density at radius 2 is 1.88 bits per heavy atom. The van der Waals surface area contributed by atoms with Gasteiger partial charge in [-0.1, -0.05) is 6.07 Å². The van der Waals surface area contributed by atoms with E-state index in [1.54, 1.807) is 19.0 Å². The van der Waals surface area contributed by atoms with Gasteiger partial charge in [-0.25, -0.2) is 4.39 Å². The van der Waals surface area contributed by atoms with E-state index in [-0.39, 0.29) is 0 Å². The molecular weight excluding hydrogens is 236 g/mol. The van der Waals surface area contributed by atoms with Crippen LogP contribution in [0.25, 0.3) is 0 Å². The van der Waals surface area contributed by atoms with E-state index < -0.39 is 23.6 Å². The topological polar surface area (TPSA) is 29.3 Å². The van der Waals surface area contributed by atoms with Crippen LogP contribution < -0.4 is 5.73 Å². The minimum Gasteiger partial charge on any atom is -0.323 e. The van der Waals surface area contributed by atoms with E-state index in [9.17, 15) is 17.6 Å². The standard InChI is InChI=1S/C11H14F4N2/c1-17(2)6-10(16)7-3-4-8(9(12)5-7)11(13,14)15/h3-5,10H,6,16H2,1-2H3. The molecule has 96 valence electrons. The Balaban J connectivity index is 2.97. The first kappa shape index (κ1) is 13.9. The predicted molar refractivity (Wildman–Crippen MR) is 56.9 cm³/mol. The molecule has 0 bridgehead atoms. The molecule has 0 aliphatic heterocycles. The Morgan fingerprint density at radius 1 is 1.29 bits per heavy atom. The van der Waals surface area contributed by atoms with Gasteiger partial charge in [0, 0.05) is 12.6 Å². The summed E-state index contributed by atoms with van der Waals surface area (Å²) in [6.07, 6.45) is -4.67. The third-order valence-electron chi connectivity index (χ3n) is 2.29. The highest BCUT2D eigenvalue weighted by atomic mass is 19.4. The molecular formula is C11H14F4N2. The summed E-state index contributed by atoms with van der Waals surface area (Å²) in [5.74, 6) is -1.29. The zero-order valence-electron chi connectivity index (χ0n) is 9.55. The summed E-state index contributed by atoms with van der Waals surface area (Å²) in [4.78, 5) is 1.78. The van der Waals surface area contributed by atoms with Gasteiger partial charge in [0.05, 0.1) is 5.56 Å². The molecule has 17 heavy (non-hydrogen) atoms. The largest absolute Gasteiger partial charge is 0.419 e. The van der Waals surface area contributed by atoms with Crippen LogP contribution in [0.1, 0.15) is 17.2 Å². The van der Waals surface area contributed by atoms with Gasteiger partial charge >= 0.3 is 6.18 Å². The summed E-state index contributed by atoms with van der Waals surface area (Å²) in [5.41, 5.74) is 4.82. The Bertz CT molecular complexity index is 388. The quantitative estimate of drug-likeness (QED) is 0.835. The fraction of sp³-hybridized carbons (Fsp3) is 0.455. The molecule has 0 amide bonds. The van der Waals surface area contributed by atoms with Crippen LogP contribution in [0.15, 0.2) is 18.2 Å². The second kappa shape index (κ2) is 5.01. The van der Waals surface area contributed by atoms with Crippen molar-refractivity contribution in [2.45, 2.75) is 12.2 Å². The number of benzene rings is 1. The Kier molecular flexibility index (Phi) is 4.11. The van der Waals surface area contributed by atoms with Crippen molar-refractivity contribution in [1.82, 2.24) is 4.90 Å². The summed E-state index contributed by atoms with van der Waals surface area (Å²) in [7, 11) is 3.56. The molecule has 0 radical (unpaired) electrons. The molecule has 0 fully saturated rings. The molecule has 0 aromatic heterocycles. The monoisotopic (exact) mass is 250 g/mol. The van der Waals surface area contributed by atoms with Crippen LogP contribution in [-0.4, -0.2) is 25.5 Å². The SMILES string of the molecule is CN(C)CC(N)c1ccc(C(F)(F)F)c(F)c1. The molecule has 0 spiro atoms. The number of alkyl halides is 3. The number of rotatable bonds is 3. The summed E-state index contributed by atoms with van der Waals surface area (Å²) >= 11 is 0. The lowest BCUT2D eigenvalue weighted by Gasteiger charge is -2.18.